The van der Waals surface area contributed by atoms with Crippen molar-refractivity contribution < 1.29 is 0 Å². The molecular weight excluding hydrogens is 266 g/mol. The summed E-state index contributed by atoms with van der Waals surface area (Å²) < 4.78 is 0. The molecule has 3 rings (SSSR count). The van der Waals surface area contributed by atoms with E-state index in [0.717, 1.165) is 26.2 Å². The Morgan fingerprint density at radius 1 is 1.25 bits per heavy atom. The zero-order valence-electron chi connectivity index (χ0n) is 12.1. The molecule has 4 heteroatoms. The number of benzene rings is 1. The van der Waals surface area contributed by atoms with Gasteiger partial charge in [0.2, 0.25) is 0 Å². The van der Waals surface area contributed by atoms with Gasteiger partial charge in [-0.2, -0.15) is 0 Å². The Morgan fingerprint density at radius 3 is 2.70 bits per heavy atom. The highest BCUT2D eigenvalue weighted by Crippen LogP contribution is 2.21. The highest BCUT2D eigenvalue weighted by molar-refractivity contribution is 7.09. The second-order valence-electron chi connectivity index (χ2n) is 5.57. The molecule has 1 unspecified atom stereocenters. The summed E-state index contributed by atoms with van der Waals surface area (Å²) in [7, 11) is 0. The third-order valence-electron chi connectivity index (χ3n) is 4.01. The summed E-state index contributed by atoms with van der Waals surface area (Å²) in [6, 6.07) is 9.45. The molecule has 2 aromatic rings. The van der Waals surface area contributed by atoms with Crippen molar-refractivity contribution in [3.63, 3.8) is 0 Å². The SMILES string of the molecule is Cc1ccc(N2CCN(Cc3cncs3)C(C)C2)cc1. The molecule has 1 aliphatic rings. The van der Waals surface area contributed by atoms with E-state index in [4.69, 9.17) is 0 Å². The van der Waals surface area contributed by atoms with Crippen molar-refractivity contribution in [3.8, 4) is 0 Å². The van der Waals surface area contributed by atoms with Gasteiger partial charge in [0.1, 0.15) is 0 Å². The highest BCUT2D eigenvalue weighted by Gasteiger charge is 2.24. The lowest BCUT2D eigenvalue weighted by molar-refractivity contribution is 0.182. The summed E-state index contributed by atoms with van der Waals surface area (Å²) >= 11 is 1.75. The van der Waals surface area contributed by atoms with Crippen molar-refractivity contribution in [3.05, 3.63) is 46.4 Å². The number of thiazole rings is 1. The van der Waals surface area contributed by atoms with Gasteiger partial charge in [0.05, 0.1) is 5.51 Å². The van der Waals surface area contributed by atoms with E-state index in [1.807, 2.05) is 11.7 Å². The number of hydrogen-bond acceptors (Lipinski definition) is 4. The van der Waals surface area contributed by atoms with Gasteiger partial charge in [0.15, 0.2) is 0 Å². The Kier molecular flexibility index (Phi) is 4.03. The Bertz CT molecular complexity index is 535. The highest BCUT2D eigenvalue weighted by atomic mass is 32.1. The molecule has 0 aliphatic carbocycles. The fourth-order valence-electron chi connectivity index (χ4n) is 2.74. The summed E-state index contributed by atoms with van der Waals surface area (Å²) in [5.41, 5.74) is 4.59. The van der Waals surface area contributed by atoms with Gasteiger partial charge in [0, 0.05) is 49.0 Å². The second-order valence-corrected chi connectivity index (χ2v) is 6.54. The third-order valence-corrected chi connectivity index (χ3v) is 4.77. The van der Waals surface area contributed by atoms with Crippen molar-refractivity contribution in [2.24, 2.45) is 0 Å². The van der Waals surface area contributed by atoms with Gasteiger partial charge in [-0.25, -0.2) is 0 Å². The summed E-state index contributed by atoms with van der Waals surface area (Å²) in [4.78, 5) is 10.6. The Hall–Kier alpha value is -1.39. The monoisotopic (exact) mass is 287 g/mol. The number of hydrogen-bond donors (Lipinski definition) is 0. The summed E-state index contributed by atoms with van der Waals surface area (Å²) in [5.74, 6) is 0. The van der Waals surface area contributed by atoms with Gasteiger partial charge in [-0.3, -0.25) is 9.88 Å². The minimum atomic E-state index is 0.576. The van der Waals surface area contributed by atoms with Gasteiger partial charge >= 0.3 is 0 Å². The number of nitrogens with zero attached hydrogens (tertiary/aromatic N) is 3. The first-order valence-electron chi connectivity index (χ1n) is 7.15. The predicted octanol–water partition coefficient (Wildman–Crippen LogP) is 3.16. The van der Waals surface area contributed by atoms with Crippen LogP contribution in [0.15, 0.2) is 36.0 Å². The molecule has 0 radical (unpaired) electrons. The molecule has 106 valence electrons. The molecule has 0 spiro atoms. The topological polar surface area (TPSA) is 19.4 Å². The zero-order chi connectivity index (χ0) is 13.9. The maximum atomic E-state index is 4.16. The number of aromatic nitrogens is 1. The lowest BCUT2D eigenvalue weighted by atomic mass is 10.1. The fourth-order valence-corrected chi connectivity index (χ4v) is 3.36. The molecular formula is C16H21N3S. The quantitative estimate of drug-likeness (QED) is 0.864. The van der Waals surface area contributed by atoms with Gasteiger partial charge in [-0.1, -0.05) is 17.7 Å². The molecule has 2 heterocycles. The van der Waals surface area contributed by atoms with Crippen molar-refractivity contribution in [2.75, 3.05) is 24.5 Å². The molecule has 0 N–H and O–H groups in total. The van der Waals surface area contributed by atoms with Gasteiger partial charge in [-0.05, 0) is 26.0 Å². The second kappa shape index (κ2) is 5.94. The summed E-state index contributed by atoms with van der Waals surface area (Å²) in [5, 5.41) is 0. The van der Waals surface area contributed by atoms with Crippen LogP contribution in [0.25, 0.3) is 0 Å². The Balaban J connectivity index is 1.63. The van der Waals surface area contributed by atoms with Crippen molar-refractivity contribution in [1.82, 2.24) is 9.88 Å². The van der Waals surface area contributed by atoms with E-state index < -0.39 is 0 Å². The van der Waals surface area contributed by atoms with E-state index in [2.05, 4.69) is 52.9 Å². The predicted molar refractivity (Wildman–Crippen MR) is 85.4 cm³/mol. The van der Waals surface area contributed by atoms with Crippen LogP contribution in [0.5, 0.6) is 0 Å². The molecule has 1 aromatic heterocycles. The smallest absolute Gasteiger partial charge is 0.0794 e. The van der Waals surface area contributed by atoms with Crippen molar-refractivity contribution in [2.45, 2.75) is 26.4 Å². The third kappa shape index (κ3) is 3.02. The first-order valence-corrected chi connectivity index (χ1v) is 8.03. The molecule has 1 aromatic carbocycles. The maximum absolute atomic E-state index is 4.16. The van der Waals surface area contributed by atoms with E-state index in [1.54, 1.807) is 11.3 Å². The minimum absolute atomic E-state index is 0.576. The average Bonchev–Trinajstić information content (AvgIpc) is 2.95. The molecule has 1 aliphatic heterocycles. The summed E-state index contributed by atoms with van der Waals surface area (Å²) in [6.07, 6.45) is 1.99. The van der Waals surface area contributed by atoms with Crippen LogP contribution in [-0.2, 0) is 6.54 Å². The molecule has 0 bridgehead atoms. The average molecular weight is 287 g/mol. The molecule has 1 saturated heterocycles. The van der Waals surface area contributed by atoms with E-state index in [0.29, 0.717) is 6.04 Å². The lowest BCUT2D eigenvalue weighted by Crippen LogP contribution is -2.51. The lowest BCUT2D eigenvalue weighted by Gasteiger charge is -2.40. The standard InChI is InChI=1S/C16H21N3S/c1-13-3-5-15(6-4-13)19-8-7-18(14(2)10-19)11-16-9-17-12-20-16/h3-6,9,12,14H,7-8,10-11H2,1-2H3. The van der Waals surface area contributed by atoms with E-state index in [1.165, 1.54) is 16.1 Å². The minimum Gasteiger partial charge on any atom is -0.369 e. The van der Waals surface area contributed by atoms with Crippen LogP contribution in [0.2, 0.25) is 0 Å². The van der Waals surface area contributed by atoms with Crippen LogP contribution >= 0.6 is 11.3 Å². The number of piperazine rings is 1. The van der Waals surface area contributed by atoms with Crippen LogP contribution in [0.1, 0.15) is 17.4 Å². The first kappa shape index (κ1) is 13.6. The van der Waals surface area contributed by atoms with Crippen LogP contribution in [0.4, 0.5) is 5.69 Å². The maximum Gasteiger partial charge on any atom is 0.0794 e. The van der Waals surface area contributed by atoms with Crippen LogP contribution in [0, 0.1) is 6.92 Å². The molecule has 0 amide bonds. The van der Waals surface area contributed by atoms with E-state index in [-0.39, 0.29) is 0 Å². The normalized spacial score (nSPS) is 20.3. The van der Waals surface area contributed by atoms with Gasteiger partial charge < -0.3 is 4.90 Å². The number of anilines is 1. The van der Waals surface area contributed by atoms with Crippen molar-refractivity contribution >= 4 is 17.0 Å². The molecule has 3 nitrogen and oxygen atoms in total. The van der Waals surface area contributed by atoms with Gasteiger partial charge in [0.25, 0.3) is 0 Å². The van der Waals surface area contributed by atoms with Gasteiger partial charge in [-0.15, -0.1) is 11.3 Å². The van der Waals surface area contributed by atoms with E-state index in [9.17, 15) is 0 Å². The molecule has 0 saturated carbocycles. The summed E-state index contributed by atoms with van der Waals surface area (Å²) in [6.45, 7) is 8.81. The van der Waals surface area contributed by atoms with Crippen LogP contribution < -0.4 is 4.90 Å². The first-order chi connectivity index (χ1) is 9.72. The molecule has 20 heavy (non-hydrogen) atoms. The number of rotatable bonds is 3. The molecule has 1 atom stereocenters. The fraction of sp³-hybridized carbons (Fsp3) is 0.438. The Labute approximate surface area is 124 Å². The van der Waals surface area contributed by atoms with Crippen molar-refractivity contribution in [1.29, 1.82) is 0 Å². The Morgan fingerprint density at radius 2 is 2.05 bits per heavy atom. The van der Waals surface area contributed by atoms with Crippen LogP contribution in [0.3, 0.4) is 0 Å². The number of aryl methyl sites for hydroxylation is 1. The van der Waals surface area contributed by atoms with E-state index >= 15 is 0 Å². The largest absolute Gasteiger partial charge is 0.369 e. The molecule has 1 fully saturated rings. The van der Waals surface area contributed by atoms with Crippen LogP contribution in [-0.4, -0.2) is 35.6 Å². The zero-order valence-corrected chi connectivity index (χ0v) is 12.9.